The molecule has 0 unspecified atom stereocenters. The number of benzene rings is 1. The van der Waals surface area contributed by atoms with Gasteiger partial charge in [-0.3, -0.25) is 0 Å². The van der Waals surface area contributed by atoms with Crippen LogP contribution in [-0.4, -0.2) is 26.5 Å². The molecule has 0 saturated heterocycles. The molecule has 0 bridgehead atoms. The van der Waals surface area contributed by atoms with Gasteiger partial charge in [-0.25, -0.2) is 13.2 Å². The molecule has 0 amide bonds. The van der Waals surface area contributed by atoms with Gasteiger partial charge < -0.3 is 14.6 Å². The Kier molecular flexibility index (Phi) is 4.94. The predicted octanol–water partition coefficient (Wildman–Crippen LogP) is 0.433. The molecule has 0 aliphatic heterocycles. The third-order valence-corrected chi connectivity index (χ3v) is 3.12. The van der Waals surface area contributed by atoms with Gasteiger partial charge in [0.25, 0.3) is 6.48 Å². The van der Waals surface area contributed by atoms with Gasteiger partial charge in [0.05, 0.1) is 0 Å². The summed E-state index contributed by atoms with van der Waals surface area (Å²) < 4.78 is 43.2. The van der Waals surface area contributed by atoms with Crippen molar-refractivity contribution in [2.75, 3.05) is 0 Å². The van der Waals surface area contributed by atoms with Gasteiger partial charge in [0.1, 0.15) is 17.5 Å². The van der Waals surface area contributed by atoms with Crippen LogP contribution in [0.15, 0.2) is 12.1 Å². The molecule has 0 atom stereocenters. The fourth-order valence-electron chi connectivity index (χ4n) is 1.25. The molecule has 0 saturated carbocycles. The van der Waals surface area contributed by atoms with Crippen LogP contribution in [0.5, 0.6) is 0 Å². The minimum atomic E-state index is -1.84. The number of hydrogen-bond acceptors (Lipinski definition) is 3. The van der Waals surface area contributed by atoms with Crippen LogP contribution in [0.2, 0.25) is 6.04 Å². The molecule has 0 spiro atoms. The predicted molar refractivity (Wildman–Crippen MR) is 52.7 cm³/mol. The number of hydrogen-bond donors (Lipinski definition) is 2. The van der Waals surface area contributed by atoms with Crippen LogP contribution in [0, 0.1) is 17.5 Å². The Morgan fingerprint density at radius 3 is 2.25 bits per heavy atom. The number of aliphatic hydroxyl groups excluding tert-OH is 1. The molecule has 1 aromatic rings. The van der Waals surface area contributed by atoms with Gasteiger partial charge in [-0.2, -0.15) is 0 Å². The molecular weight excluding hydrogens is 241 g/mol. The highest BCUT2D eigenvalue weighted by atomic mass is 28.2. The summed E-state index contributed by atoms with van der Waals surface area (Å²) in [6.45, 7) is -1.84. The normalized spacial score (nSPS) is 11.9. The molecule has 1 rings (SSSR count). The summed E-state index contributed by atoms with van der Waals surface area (Å²) in [7, 11) is -1.25. The lowest BCUT2D eigenvalue weighted by molar-refractivity contribution is -0.180. The first-order chi connectivity index (χ1) is 7.50. The summed E-state index contributed by atoms with van der Waals surface area (Å²) in [6, 6.07) is 1.56. The standard InChI is InChI=1S/C9H11F3O3Si/c10-5-3-7(11)6(8(12)4-5)1-2-16-15-9(13)14/h3-4,9,13-14H,1-2,16H2. The van der Waals surface area contributed by atoms with Crippen LogP contribution in [0.25, 0.3) is 0 Å². The van der Waals surface area contributed by atoms with Crippen molar-refractivity contribution in [3.63, 3.8) is 0 Å². The second kappa shape index (κ2) is 5.99. The molecule has 90 valence electrons. The van der Waals surface area contributed by atoms with Crippen molar-refractivity contribution in [2.45, 2.75) is 18.9 Å². The maximum atomic E-state index is 13.1. The molecule has 0 heterocycles. The molecule has 2 N–H and O–H groups in total. The zero-order valence-corrected chi connectivity index (χ0v) is 9.70. The van der Waals surface area contributed by atoms with E-state index in [1.165, 1.54) is 0 Å². The molecule has 0 aromatic heterocycles. The summed E-state index contributed by atoms with van der Waals surface area (Å²) in [5.74, 6) is -2.83. The number of halogens is 3. The lowest BCUT2D eigenvalue weighted by Gasteiger charge is -2.06. The molecule has 1 aromatic carbocycles. The fourth-order valence-corrected chi connectivity index (χ4v) is 2.12. The third kappa shape index (κ3) is 3.93. The van der Waals surface area contributed by atoms with E-state index in [0.717, 1.165) is 0 Å². The van der Waals surface area contributed by atoms with E-state index in [1.54, 1.807) is 0 Å². The molecule has 0 radical (unpaired) electrons. The van der Waals surface area contributed by atoms with Gasteiger partial charge in [0.2, 0.25) is 0 Å². The summed E-state index contributed by atoms with van der Waals surface area (Å²) in [5.41, 5.74) is -0.204. The van der Waals surface area contributed by atoms with Crippen LogP contribution < -0.4 is 0 Å². The Hall–Kier alpha value is -0.893. The van der Waals surface area contributed by atoms with E-state index in [9.17, 15) is 13.2 Å². The summed E-state index contributed by atoms with van der Waals surface area (Å²) in [4.78, 5) is 0. The Balaban J connectivity index is 2.54. The van der Waals surface area contributed by atoms with E-state index in [2.05, 4.69) is 4.43 Å². The zero-order valence-electron chi connectivity index (χ0n) is 8.29. The van der Waals surface area contributed by atoms with Crippen molar-refractivity contribution < 1.29 is 27.8 Å². The third-order valence-electron chi connectivity index (χ3n) is 1.94. The van der Waals surface area contributed by atoms with Crippen molar-refractivity contribution >= 4 is 9.76 Å². The minimum Gasteiger partial charge on any atom is -0.379 e. The van der Waals surface area contributed by atoms with E-state index in [4.69, 9.17) is 10.2 Å². The van der Waals surface area contributed by atoms with E-state index < -0.39 is 33.7 Å². The molecule has 7 heteroatoms. The van der Waals surface area contributed by atoms with Gasteiger partial charge in [-0.15, -0.1) is 0 Å². The summed E-state index contributed by atoms with van der Waals surface area (Å²) in [5, 5.41) is 16.7. The smallest absolute Gasteiger partial charge is 0.256 e. The highest BCUT2D eigenvalue weighted by molar-refractivity contribution is 6.27. The van der Waals surface area contributed by atoms with Crippen LogP contribution in [0.4, 0.5) is 13.2 Å². The van der Waals surface area contributed by atoms with Gasteiger partial charge >= 0.3 is 0 Å². The Labute approximate surface area is 92.4 Å². The first-order valence-electron chi connectivity index (χ1n) is 4.62. The van der Waals surface area contributed by atoms with E-state index in [1.807, 2.05) is 0 Å². The SMILES string of the molecule is OC(O)O[SiH2]CCc1c(F)cc(F)cc1F. The summed E-state index contributed by atoms with van der Waals surface area (Å²) >= 11 is 0. The van der Waals surface area contributed by atoms with E-state index in [-0.39, 0.29) is 12.0 Å². The lowest BCUT2D eigenvalue weighted by Crippen LogP contribution is -2.14. The van der Waals surface area contributed by atoms with Crippen molar-refractivity contribution in [3.05, 3.63) is 35.1 Å². The largest absolute Gasteiger partial charge is 0.379 e. The number of aliphatic hydroxyl groups is 2. The van der Waals surface area contributed by atoms with Crippen LogP contribution >= 0.6 is 0 Å². The highest BCUT2D eigenvalue weighted by Crippen LogP contribution is 2.16. The molecule has 0 fully saturated rings. The monoisotopic (exact) mass is 252 g/mol. The Bertz CT molecular complexity index is 337. The Morgan fingerprint density at radius 1 is 1.19 bits per heavy atom. The van der Waals surface area contributed by atoms with Gasteiger partial charge in [0, 0.05) is 17.7 Å². The van der Waals surface area contributed by atoms with Gasteiger partial charge in [-0.1, -0.05) is 0 Å². The van der Waals surface area contributed by atoms with Crippen LogP contribution in [-0.2, 0) is 10.8 Å². The first-order valence-corrected chi connectivity index (χ1v) is 6.19. The van der Waals surface area contributed by atoms with Crippen LogP contribution in [0.3, 0.4) is 0 Å². The summed E-state index contributed by atoms with van der Waals surface area (Å²) in [6.07, 6.45) is 0.0525. The second-order valence-electron chi connectivity index (χ2n) is 3.15. The average molecular weight is 252 g/mol. The van der Waals surface area contributed by atoms with Crippen LogP contribution in [0.1, 0.15) is 5.56 Å². The Morgan fingerprint density at radius 2 is 1.75 bits per heavy atom. The first kappa shape index (κ1) is 13.2. The van der Waals surface area contributed by atoms with E-state index >= 15 is 0 Å². The fraction of sp³-hybridized carbons (Fsp3) is 0.333. The lowest BCUT2D eigenvalue weighted by atomic mass is 10.1. The van der Waals surface area contributed by atoms with E-state index in [0.29, 0.717) is 18.2 Å². The topological polar surface area (TPSA) is 49.7 Å². The quantitative estimate of drug-likeness (QED) is 0.454. The van der Waals surface area contributed by atoms with Gasteiger partial charge in [0.15, 0.2) is 9.76 Å². The highest BCUT2D eigenvalue weighted by Gasteiger charge is 2.11. The van der Waals surface area contributed by atoms with Crippen molar-refractivity contribution in [3.8, 4) is 0 Å². The molecule has 16 heavy (non-hydrogen) atoms. The molecule has 0 aliphatic carbocycles. The van der Waals surface area contributed by atoms with Crippen molar-refractivity contribution in [1.82, 2.24) is 0 Å². The molecule has 3 nitrogen and oxygen atoms in total. The average Bonchev–Trinajstić information content (AvgIpc) is 2.14. The zero-order chi connectivity index (χ0) is 12.1. The molecular formula is C9H11F3O3Si. The maximum Gasteiger partial charge on any atom is 0.256 e. The van der Waals surface area contributed by atoms with Gasteiger partial charge in [-0.05, 0) is 12.5 Å². The minimum absolute atomic E-state index is 0.0525. The molecule has 0 aliphatic rings. The number of rotatable bonds is 5. The van der Waals surface area contributed by atoms with Crippen molar-refractivity contribution in [2.24, 2.45) is 0 Å². The second-order valence-corrected chi connectivity index (χ2v) is 4.60. The maximum absolute atomic E-state index is 13.1. The van der Waals surface area contributed by atoms with Crippen molar-refractivity contribution in [1.29, 1.82) is 0 Å².